The summed E-state index contributed by atoms with van der Waals surface area (Å²) in [5.74, 6) is 0.243. The second-order valence-electron chi connectivity index (χ2n) is 4.45. The molecule has 90 valence electrons. The highest BCUT2D eigenvalue weighted by Crippen LogP contribution is 2.39. The lowest BCUT2D eigenvalue weighted by atomic mass is 9.78. The Hall–Kier alpha value is -0.390. The molecule has 0 bridgehead atoms. The van der Waals surface area contributed by atoms with Crippen LogP contribution in [0.15, 0.2) is 10.7 Å². The molecule has 1 aromatic heterocycles. The van der Waals surface area contributed by atoms with Crippen LogP contribution in [0.5, 0.6) is 0 Å². The summed E-state index contributed by atoms with van der Waals surface area (Å²) >= 11 is 3.48. The van der Waals surface area contributed by atoms with E-state index in [9.17, 15) is 5.11 Å². The number of aromatic nitrogens is 2. The van der Waals surface area contributed by atoms with Crippen molar-refractivity contribution < 1.29 is 5.11 Å². The van der Waals surface area contributed by atoms with E-state index >= 15 is 0 Å². The number of nitrogens with zero attached hydrogens (tertiary/aromatic N) is 2. The molecule has 1 saturated heterocycles. The van der Waals surface area contributed by atoms with E-state index in [1.807, 2.05) is 7.05 Å². The van der Waals surface area contributed by atoms with Crippen molar-refractivity contribution >= 4 is 15.9 Å². The van der Waals surface area contributed by atoms with Gasteiger partial charge in [-0.3, -0.25) is 4.68 Å². The van der Waals surface area contributed by atoms with Crippen LogP contribution in [0.4, 0.5) is 0 Å². The normalized spacial score (nSPS) is 30.6. The highest BCUT2D eigenvalue weighted by molar-refractivity contribution is 9.10. The van der Waals surface area contributed by atoms with Crippen LogP contribution < -0.4 is 5.32 Å². The van der Waals surface area contributed by atoms with Gasteiger partial charge in [0, 0.05) is 19.5 Å². The van der Waals surface area contributed by atoms with Gasteiger partial charge in [0.15, 0.2) is 0 Å². The van der Waals surface area contributed by atoms with Crippen molar-refractivity contribution in [3.63, 3.8) is 0 Å². The fourth-order valence-corrected chi connectivity index (χ4v) is 3.31. The Labute approximate surface area is 104 Å². The van der Waals surface area contributed by atoms with Gasteiger partial charge in [-0.1, -0.05) is 6.92 Å². The highest BCUT2D eigenvalue weighted by Gasteiger charge is 2.42. The van der Waals surface area contributed by atoms with Gasteiger partial charge in [0.05, 0.1) is 16.4 Å². The highest BCUT2D eigenvalue weighted by atomic mass is 79.9. The third-order valence-electron chi connectivity index (χ3n) is 3.55. The molecule has 0 aromatic carbocycles. The number of rotatable bonds is 2. The Kier molecular flexibility index (Phi) is 3.37. The minimum absolute atomic E-state index is 0.243. The van der Waals surface area contributed by atoms with Crippen molar-refractivity contribution in [2.45, 2.75) is 25.4 Å². The maximum atomic E-state index is 10.9. The third-order valence-corrected chi connectivity index (χ3v) is 4.13. The predicted octanol–water partition coefficient (Wildman–Crippen LogP) is 1.39. The van der Waals surface area contributed by atoms with Crippen LogP contribution in [0.3, 0.4) is 0 Å². The lowest BCUT2D eigenvalue weighted by Crippen LogP contribution is -2.49. The first-order valence-corrected chi connectivity index (χ1v) is 6.50. The molecule has 1 aliphatic heterocycles. The largest absolute Gasteiger partial charge is 0.383 e. The number of piperidine rings is 1. The quantitative estimate of drug-likeness (QED) is 0.864. The van der Waals surface area contributed by atoms with Gasteiger partial charge >= 0.3 is 0 Å². The summed E-state index contributed by atoms with van der Waals surface area (Å²) in [5.41, 5.74) is 0.144. The van der Waals surface area contributed by atoms with E-state index in [4.69, 9.17) is 0 Å². The number of hydrogen-bond donors (Lipinski definition) is 2. The molecule has 2 N–H and O–H groups in total. The molecule has 2 atom stereocenters. The van der Waals surface area contributed by atoms with Crippen molar-refractivity contribution in [2.24, 2.45) is 13.0 Å². The predicted molar refractivity (Wildman–Crippen MR) is 66.1 cm³/mol. The zero-order chi connectivity index (χ0) is 11.8. The fraction of sp³-hybridized carbons (Fsp3) is 0.727. The molecule has 1 fully saturated rings. The lowest BCUT2D eigenvalue weighted by molar-refractivity contribution is -0.0548. The molecule has 5 heteroatoms. The topological polar surface area (TPSA) is 50.1 Å². The lowest BCUT2D eigenvalue weighted by Gasteiger charge is -2.40. The second-order valence-corrected chi connectivity index (χ2v) is 5.30. The van der Waals surface area contributed by atoms with Crippen LogP contribution >= 0.6 is 15.9 Å². The summed E-state index contributed by atoms with van der Waals surface area (Å²) in [6, 6.07) is 0. The summed E-state index contributed by atoms with van der Waals surface area (Å²) in [6.45, 7) is 3.84. The average Bonchev–Trinajstić information content (AvgIpc) is 2.59. The molecule has 1 aromatic rings. The van der Waals surface area contributed by atoms with Gasteiger partial charge in [0.2, 0.25) is 0 Å². The Morgan fingerprint density at radius 1 is 1.75 bits per heavy atom. The first kappa shape index (κ1) is 12.1. The molecule has 0 amide bonds. The van der Waals surface area contributed by atoms with E-state index in [-0.39, 0.29) is 5.92 Å². The number of nitrogens with one attached hydrogen (secondary N) is 1. The summed E-state index contributed by atoms with van der Waals surface area (Å²) < 4.78 is 2.68. The van der Waals surface area contributed by atoms with E-state index in [1.165, 1.54) is 0 Å². The van der Waals surface area contributed by atoms with Gasteiger partial charge in [0.25, 0.3) is 0 Å². The summed E-state index contributed by atoms with van der Waals surface area (Å²) in [6.07, 6.45) is 3.45. The molecule has 2 heterocycles. The van der Waals surface area contributed by atoms with Gasteiger partial charge in [-0.05, 0) is 35.3 Å². The molecule has 16 heavy (non-hydrogen) atoms. The number of hydrogen-bond acceptors (Lipinski definition) is 3. The molecular weight excluding hydrogens is 270 g/mol. The zero-order valence-electron chi connectivity index (χ0n) is 9.70. The third kappa shape index (κ3) is 1.81. The monoisotopic (exact) mass is 287 g/mol. The van der Waals surface area contributed by atoms with Gasteiger partial charge in [0.1, 0.15) is 5.60 Å². The van der Waals surface area contributed by atoms with Gasteiger partial charge < -0.3 is 10.4 Å². The average molecular weight is 288 g/mol. The molecular formula is C11H18BrN3O. The van der Waals surface area contributed by atoms with Crippen LogP contribution in [-0.4, -0.2) is 28.0 Å². The van der Waals surface area contributed by atoms with Crippen LogP contribution in [0, 0.1) is 5.92 Å². The minimum Gasteiger partial charge on any atom is -0.383 e. The molecule has 2 rings (SSSR count). The molecule has 0 radical (unpaired) electrons. The van der Waals surface area contributed by atoms with Crippen molar-refractivity contribution in [2.75, 3.05) is 13.1 Å². The molecule has 4 nitrogen and oxygen atoms in total. The Balaban J connectivity index is 2.42. The SMILES string of the molecule is CCC1CNCCC1(O)c1c(Br)cnn1C. The molecule has 0 spiro atoms. The van der Waals surface area contributed by atoms with Crippen LogP contribution in [0.1, 0.15) is 25.5 Å². The van der Waals surface area contributed by atoms with Crippen molar-refractivity contribution in [3.05, 3.63) is 16.4 Å². The van der Waals surface area contributed by atoms with Gasteiger partial charge in [-0.15, -0.1) is 0 Å². The molecule has 0 aliphatic carbocycles. The maximum absolute atomic E-state index is 10.9. The van der Waals surface area contributed by atoms with E-state index < -0.39 is 5.60 Å². The van der Waals surface area contributed by atoms with E-state index in [0.717, 1.165) is 36.1 Å². The van der Waals surface area contributed by atoms with Crippen molar-refractivity contribution in [1.29, 1.82) is 0 Å². The number of halogens is 1. The number of aliphatic hydroxyl groups is 1. The van der Waals surface area contributed by atoms with Crippen molar-refractivity contribution in [3.8, 4) is 0 Å². The summed E-state index contributed by atoms with van der Waals surface area (Å²) in [5, 5.41) is 18.5. The minimum atomic E-state index is -0.760. The first-order chi connectivity index (χ1) is 7.59. The van der Waals surface area contributed by atoms with E-state index in [2.05, 4.69) is 33.3 Å². The summed E-state index contributed by atoms with van der Waals surface area (Å²) in [4.78, 5) is 0. The van der Waals surface area contributed by atoms with Crippen LogP contribution in [0.2, 0.25) is 0 Å². The standard InChI is InChI=1S/C11H18BrN3O/c1-3-8-6-13-5-4-11(8,16)10-9(12)7-14-15(10)2/h7-8,13,16H,3-6H2,1-2H3. The van der Waals surface area contributed by atoms with Crippen molar-refractivity contribution in [1.82, 2.24) is 15.1 Å². The Morgan fingerprint density at radius 3 is 3.06 bits per heavy atom. The van der Waals surface area contributed by atoms with Gasteiger partial charge in [-0.25, -0.2) is 0 Å². The first-order valence-electron chi connectivity index (χ1n) is 5.70. The Bertz CT molecular complexity index is 360. The van der Waals surface area contributed by atoms with E-state index in [0.29, 0.717) is 0 Å². The van der Waals surface area contributed by atoms with E-state index in [1.54, 1.807) is 10.9 Å². The Morgan fingerprint density at radius 2 is 2.50 bits per heavy atom. The zero-order valence-corrected chi connectivity index (χ0v) is 11.3. The summed E-state index contributed by atoms with van der Waals surface area (Å²) in [7, 11) is 1.88. The maximum Gasteiger partial charge on any atom is 0.112 e. The molecule has 2 unspecified atom stereocenters. The smallest absolute Gasteiger partial charge is 0.112 e. The molecule has 1 aliphatic rings. The van der Waals surface area contributed by atoms with Crippen LogP contribution in [0.25, 0.3) is 0 Å². The number of aryl methyl sites for hydroxylation is 1. The molecule has 0 saturated carbocycles. The fourth-order valence-electron chi connectivity index (χ4n) is 2.62. The van der Waals surface area contributed by atoms with Gasteiger partial charge in [-0.2, -0.15) is 5.10 Å². The second kappa shape index (κ2) is 4.47. The van der Waals surface area contributed by atoms with Crippen LogP contribution in [-0.2, 0) is 12.6 Å².